The number of nitrogens with two attached hydrogens (primary N) is 1. The Kier molecular flexibility index (Phi) is 2.36. The van der Waals surface area contributed by atoms with E-state index < -0.39 is 0 Å². The number of nitrogens with one attached hydrogen (secondary N) is 2. The second-order valence-corrected chi connectivity index (χ2v) is 3.16. The van der Waals surface area contributed by atoms with Crippen LogP contribution in [0.3, 0.4) is 0 Å². The molecule has 0 atom stereocenters. The molecule has 0 saturated carbocycles. The minimum Gasteiger partial charge on any atom is -0.368 e. The average molecular weight is 195 g/mol. The molecule has 0 aromatic carbocycles. The number of aromatic nitrogens is 2. The number of anilines is 2. The van der Waals surface area contributed by atoms with Gasteiger partial charge in [0.25, 0.3) is 0 Å². The van der Waals surface area contributed by atoms with Gasteiger partial charge in [0.1, 0.15) is 11.5 Å². The van der Waals surface area contributed by atoms with Gasteiger partial charge in [0.05, 0.1) is 12.7 Å². The van der Waals surface area contributed by atoms with Crippen LogP contribution in [0.5, 0.6) is 0 Å². The molecule has 4 N–H and O–H groups in total. The molecule has 1 aliphatic rings. The fourth-order valence-electron chi connectivity index (χ4n) is 1.47. The lowest BCUT2D eigenvalue weighted by Crippen LogP contribution is -2.23. The van der Waals surface area contributed by atoms with E-state index in [0.29, 0.717) is 5.69 Å². The first kappa shape index (κ1) is 9.01. The predicted molar refractivity (Wildman–Crippen MR) is 53.0 cm³/mol. The third-order valence-electron chi connectivity index (χ3n) is 2.14. The molecule has 0 saturated heterocycles. The SMILES string of the molecule is NCC(=O)Nc1cnn2c1NCCC2. The molecule has 76 valence electrons. The second kappa shape index (κ2) is 3.67. The van der Waals surface area contributed by atoms with Gasteiger partial charge in [-0.25, -0.2) is 4.68 Å². The topological polar surface area (TPSA) is 85.0 Å². The summed E-state index contributed by atoms with van der Waals surface area (Å²) in [7, 11) is 0. The van der Waals surface area contributed by atoms with E-state index in [1.807, 2.05) is 4.68 Å². The number of hydrogen-bond acceptors (Lipinski definition) is 4. The summed E-state index contributed by atoms with van der Waals surface area (Å²) < 4.78 is 1.84. The second-order valence-electron chi connectivity index (χ2n) is 3.16. The lowest BCUT2D eigenvalue weighted by atomic mass is 10.3. The number of fused-ring (bicyclic) bond motifs is 1. The van der Waals surface area contributed by atoms with Gasteiger partial charge in [0.2, 0.25) is 5.91 Å². The Morgan fingerprint density at radius 2 is 2.64 bits per heavy atom. The molecule has 1 amide bonds. The van der Waals surface area contributed by atoms with Crippen molar-refractivity contribution in [2.24, 2.45) is 5.73 Å². The maximum atomic E-state index is 11.1. The third kappa shape index (κ3) is 1.56. The first-order valence-corrected chi connectivity index (χ1v) is 4.61. The van der Waals surface area contributed by atoms with Crippen LogP contribution in [0.2, 0.25) is 0 Å². The number of aryl methyl sites for hydroxylation is 1. The molecule has 1 aromatic heterocycles. The lowest BCUT2D eigenvalue weighted by molar-refractivity contribution is -0.114. The number of carbonyl (C=O) groups is 1. The molecule has 0 unspecified atom stereocenters. The Bertz CT molecular complexity index is 346. The Balaban J connectivity index is 2.18. The zero-order valence-electron chi connectivity index (χ0n) is 7.79. The van der Waals surface area contributed by atoms with Gasteiger partial charge in [-0.2, -0.15) is 5.10 Å². The molecule has 0 radical (unpaired) electrons. The fourth-order valence-corrected chi connectivity index (χ4v) is 1.47. The highest BCUT2D eigenvalue weighted by Crippen LogP contribution is 2.23. The van der Waals surface area contributed by atoms with Gasteiger partial charge < -0.3 is 16.4 Å². The van der Waals surface area contributed by atoms with Crippen molar-refractivity contribution < 1.29 is 4.79 Å². The van der Waals surface area contributed by atoms with Crippen LogP contribution in [0.1, 0.15) is 6.42 Å². The maximum absolute atomic E-state index is 11.1. The van der Waals surface area contributed by atoms with Gasteiger partial charge in [-0.05, 0) is 6.42 Å². The highest BCUT2D eigenvalue weighted by molar-refractivity contribution is 5.94. The maximum Gasteiger partial charge on any atom is 0.238 e. The van der Waals surface area contributed by atoms with Crippen LogP contribution in [-0.2, 0) is 11.3 Å². The van der Waals surface area contributed by atoms with Crippen LogP contribution in [0.4, 0.5) is 11.5 Å². The van der Waals surface area contributed by atoms with Crippen molar-refractivity contribution in [3.8, 4) is 0 Å². The van der Waals surface area contributed by atoms with E-state index in [1.54, 1.807) is 6.20 Å². The summed E-state index contributed by atoms with van der Waals surface area (Å²) in [5.74, 6) is 0.672. The number of amides is 1. The molecule has 2 heterocycles. The van der Waals surface area contributed by atoms with Crippen molar-refractivity contribution in [2.75, 3.05) is 23.7 Å². The van der Waals surface area contributed by atoms with Crippen LogP contribution in [0.25, 0.3) is 0 Å². The summed E-state index contributed by atoms with van der Waals surface area (Å²) >= 11 is 0. The van der Waals surface area contributed by atoms with Gasteiger partial charge in [-0.1, -0.05) is 0 Å². The van der Waals surface area contributed by atoms with Crippen molar-refractivity contribution in [3.05, 3.63) is 6.20 Å². The third-order valence-corrected chi connectivity index (χ3v) is 2.14. The molecule has 0 aliphatic carbocycles. The van der Waals surface area contributed by atoms with Crippen LogP contribution in [0, 0.1) is 0 Å². The predicted octanol–water partition coefficient (Wildman–Crippen LogP) is -0.404. The molecule has 6 nitrogen and oxygen atoms in total. The van der Waals surface area contributed by atoms with Crippen LogP contribution in [0.15, 0.2) is 6.20 Å². The van der Waals surface area contributed by atoms with Crippen molar-refractivity contribution >= 4 is 17.4 Å². The van der Waals surface area contributed by atoms with E-state index in [4.69, 9.17) is 5.73 Å². The molecule has 1 aliphatic heterocycles. The van der Waals surface area contributed by atoms with Crippen molar-refractivity contribution in [2.45, 2.75) is 13.0 Å². The highest BCUT2D eigenvalue weighted by atomic mass is 16.1. The molecule has 14 heavy (non-hydrogen) atoms. The molecule has 0 fully saturated rings. The molecule has 2 rings (SSSR count). The molecular weight excluding hydrogens is 182 g/mol. The fraction of sp³-hybridized carbons (Fsp3) is 0.500. The summed E-state index contributed by atoms with van der Waals surface area (Å²) in [6, 6.07) is 0. The van der Waals surface area contributed by atoms with Crippen LogP contribution >= 0.6 is 0 Å². The summed E-state index contributed by atoms with van der Waals surface area (Å²) in [6.07, 6.45) is 2.69. The summed E-state index contributed by atoms with van der Waals surface area (Å²) in [6.45, 7) is 1.79. The molecule has 1 aromatic rings. The smallest absolute Gasteiger partial charge is 0.238 e. The summed E-state index contributed by atoms with van der Waals surface area (Å²) in [5.41, 5.74) is 5.91. The summed E-state index contributed by atoms with van der Waals surface area (Å²) in [5, 5.41) is 10.0. The van der Waals surface area contributed by atoms with Gasteiger partial charge in [0.15, 0.2) is 0 Å². The van der Waals surface area contributed by atoms with Gasteiger partial charge >= 0.3 is 0 Å². The van der Waals surface area contributed by atoms with Gasteiger partial charge in [-0.15, -0.1) is 0 Å². The molecular formula is C8H13N5O. The minimum absolute atomic E-state index is 0.00931. The van der Waals surface area contributed by atoms with Crippen LogP contribution in [-0.4, -0.2) is 28.8 Å². The monoisotopic (exact) mass is 195 g/mol. The number of nitrogens with zero attached hydrogens (tertiary/aromatic N) is 2. The Hall–Kier alpha value is -1.56. The quantitative estimate of drug-likeness (QED) is 0.599. The summed E-state index contributed by atoms with van der Waals surface area (Å²) in [4.78, 5) is 11.1. The van der Waals surface area contributed by atoms with E-state index in [0.717, 1.165) is 25.3 Å². The normalized spacial score (nSPS) is 14.4. The Morgan fingerprint density at radius 1 is 1.79 bits per heavy atom. The standard InChI is InChI=1S/C8H13N5O/c9-4-7(14)12-6-5-11-13-3-1-2-10-8(6)13/h5,10H,1-4,9H2,(H,12,14). The molecule has 0 spiro atoms. The van der Waals surface area contributed by atoms with Crippen molar-refractivity contribution in [1.29, 1.82) is 0 Å². The van der Waals surface area contributed by atoms with Crippen molar-refractivity contribution in [3.63, 3.8) is 0 Å². The van der Waals surface area contributed by atoms with Gasteiger partial charge in [-0.3, -0.25) is 4.79 Å². The lowest BCUT2D eigenvalue weighted by Gasteiger charge is -2.16. The zero-order chi connectivity index (χ0) is 9.97. The Morgan fingerprint density at radius 3 is 3.43 bits per heavy atom. The minimum atomic E-state index is -0.201. The Labute approximate surface area is 81.5 Å². The highest BCUT2D eigenvalue weighted by Gasteiger charge is 2.14. The van der Waals surface area contributed by atoms with E-state index in [1.165, 1.54) is 0 Å². The van der Waals surface area contributed by atoms with Crippen LogP contribution < -0.4 is 16.4 Å². The molecule has 0 bridgehead atoms. The number of carbonyl (C=O) groups excluding carboxylic acids is 1. The average Bonchev–Trinajstić information content (AvgIpc) is 2.62. The number of hydrogen-bond donors (Lipinski definition) is 3. The first-order chi connectivity index (χ1) is 6.81. The largest absolute Gasteiger partial charge is 0.368 e. The van der Waals surface area contributed by atoms with Gasteiger partial charge in [0, 0.05) is 13.1 Å². The van der Waals surface area contributed by atoms with E-state index >= 15 is 0 Å². The van der Waals surface area contributed by atoms with E-state index in [2.05, 4.69) is 15.7 Å². The van der Waals surface area contributed by atoms with Crippen molar-refractivity contribution in [1.82, 2.24) is 9.78 Å². The molecule has 6 heteroatoms. The zero-order valence-corrected chi connectivity index (χ0v) is 7.79. The first-order valence-electron chi connectivity index (χ1n) is 4.61. The number of rotatable bonds is 2. The van der Waals surface area contributed by atoms with E-state index in [9.17, 15) is 4.79 Å². The van der Waals surface area contributed by atoms with E-state index in [-0.39, 0.29) is 12.5 Å².